The van der Waals surface area contributed by atoms with Crippen LogP contribution in [0.5, 0.6) is 0 Å². The van der Waals surface area contributed by atoms with E-state index < -0.39 is 17.8 Å². The Bertz CT molecular complexity index is 904. The van der Waals surface area contributed by atoms with Crippen molar-refractivity contribution in [3.05, 3.63) is 65.2 Å². The number of hydrogen-bond donors (Lipinski definition) is 3. The van der Waals surface area contributed by atoms with Gasteiger partial charge in [0.1, 0.15) is 0 Å². The van der Waals surface area contributed by atoms with E-state index in [9.17, 15) is 18.0 Å². The highest BCUT2D eigenvalue weighted by atomic mass is 19.4. The summed E-state index contributed by atoms with van der Waals surface area (Å²) in [5.74, 6) is -0.308. The summed E-state index contributed by atoms with van der Waals surface area (Å²) in [5.41, 5.74) is 6.86. The highest BCUT2D eigenvalue weighted by Crippen LogP contribution is 2.51. The largest absolute Gasteiger partial charge is 0.416 e. The van der Waals surface area contributed by atoms with Crippen molar-refractivity contribution in [2.75, 3.05) is 18.4 Å². The number of carbonyl (C=O) groups is 1. The molecule has 8 heteroatoms. The summed E-state index contributed by atoms with van der Waals surface area (Å²) in [4.78, 5) is 11.5. The molecule has 4 atom stereocenters. The zero-order valence-corrected chi connectivity index (χ0v) is 16.3. The van der Waals surface area contributed by atoms with Crippen LogP contribution in [0.2, 0.25) is 0 Å². The molecular weight excluding hydrogens is 395 g/mol. The number of anilines is 1. The Balaban J connectivity index is 1.67. The summed E-state index contributed by atoms with van der Waals surface area (Å²) in [6, 6.07) is 13.5. The molecule has 0 unspecified atom stereocenters. The van der Waals surface area contributed by atoms with E-state index >= 15 is 0 Å². The van der Waals surface area contributed by atoms with E-state index in [4.69, 9.17) is 10.5 Å². The van der Waals surface area contributed by atoms with Gasteiger partial charge in [0, 0.05) is 23.7 Å². The molecule has 2 heterocycles. The molecule has 4 N–H and O–H groups in total. The van der Waals surface area contributed by atoms with Crippen LogP contribution in [0.15, 0.2) is 48.5 Å². The van der Waals surface area contributed by atoms with E-state index in [1.807, 2.05) is 30.3 Å². The Morgan fingerprint density at radius 3 is 2.63 bits per heavy atom. The molecule has 0 aliphatic carbocycles. The van der Waals surface area contributed by atoms with Crippen LogP contribution in [0.4, 0.5) is 18.9 Å². The van der Waals surface area contributed by atoms with Crippen molar-refractivity contribution >= 4 is 11.6 Å². The molecule has 2 aliphatic heterocycles. The van der Waals surface area contributed by atoms with Gasteiger partial charge in [-0.05, 0) is 36.6 Å². The van der Waals surface area contributed by atoms with Gasteiger partial charge in [0.25, 0.3) is 0 Å². The SMILES string of the molecule is NCC(=O)NC[C@H]1CC[C@@H]2[C@H](O1)c1cc(C(F)(F)F)ccc1N[C@H]2c1ccccc1. The fraction of sp³-hybridized carbons (Fsp3) is 0.409. The maximum atomic E-state index is 13.3. The van der Waals surface area contributed by atoms with Crippen molar-refractivity contribution < 1.29 is 22.7 Å². The molecule has 1 saturated heterocycles. The Morgan fingerprint density at radius 2 is 1.93 bits per heavy atom. The van der Waals surface area contributed by atoms with Gasteiger partial charge in [-0.2, -0.15) is 13.2 Å². The van der Waals surface area contributed by atoms with Crippen LogP contribution in [-0.2, 0) is 15.7 Å². The summed E-state index contributed by atoms with van der Waals surface area (Å²) < 4.78 is 46.3. The van der Waals surface area contributed by atoms with Gasteiger partial charge in [-0.15, -0.1) is 0 Å². The predicted octanol–water partition coefficient (Wildman–Crippen LogP) is 3.78. The first kappa shape index (κ1) is 20.7. The second-order valence-electron chi connectivity index (χ2n) is 7.76. The van der Waals surface area contributed by atoms with Gasteiger partial charge >= 0.3 is 6.18 Å². The molecule has 4 rings (SSSR count). The van der Waals surface area contributed by atoms with Crippen LogP contribution < -0.4 is 16.4 Å². The zero-order valence-electron chi connectivity index (χ0n) is 16.3. The van der Waals surface area contributed by atoms with Gasteiger partial charge in [0.15, 0.2) is 0 Å². The van der Waals surface area contributed by atoms with Gasteiger partial charge in [0.05, 0.1) is 30.4 Å². The molecule has 0 radical (unpaired) electrons. The average molecular weight is 419 g/mol. The van der Waals surface area contributed by atoms with E-state index in [2.05, 4.69) is 10.6 Å². The third kappa shape index (κ3) is 4.15. The van der Waals surface area contributed by atoms with Gasteiger partial charge in [-0.25, -0.2) is 0 Å². The standard InChI is InChI=1S/C22H24F3N3O2/c23-22(24,25)14-6-9-18-17(10-14)21-16(20(28-18)13-4-2-1-3-5-13)8-7-15(30-21)12-27-19(29)11-26/h1-6,9-10,15-16,20-21,28H,7-8,11-12,26H2,(H,27,29)/t15-,16+,20+,21+/m1/s1. The smallest absolute Gasteiger partial charge is 0.378 e. The second-order valence-corrected chi connectivity index (χ2v) is 7.76. The summed E-state index contributed by atoms with van der Waals surface area (Å²) in [6.07, 6.45) is -3.74. The number of rotatable bonds is 4. The lowest BCUT2D eigenvalue weighted by molar-refractivity contribution is -0.138. The van der Waals surface area contributed by atoms with Gasteiger partial charge in [-0.1, -0.05) is 30.3 Å². The zero-order chi connectivity index (χ0) is 21.3. The molecule has 1 fully saturated rings. The number of benzene rings is 2. The van der Waals surface area contributed by atoms with Crippen LogP contribution >= 0.6 is 0 Å². The lowest BCUT2D eigenvalue weighted by Gasteiger charge is -2.46. The van der Waals surface area contributed by atoms with Crippen LogP contribution in [0, 0.1) is 5.92 Å². The molecule has 1 amide bonds. The molecule has 30 heavy (non-hydrogen) atoms. The van der Waals surface area contributed by atoms with Crippen molar-refractivity contribution in [3.8, 4) is 0 Å². The third-order valence-corrected chi connectivity index (χ3v) is 5.85. The van der Waals surface area contributed by atoms with Crippen molar-refractivity contribution in [1.29, 1.82) is 0 Å². The van der Waals surface area contributed by atoms with Crippen LogP contribution in [-0.4, -0.2) is 25.1 Å². The summed E-state index contributed by atoms with van der Waals surface area (Å²) in [5, 5.41) is 6.15. The fourth-order valence-corrected chi connectivity index (χ4v) is 4.37. The minimum atomic E-state index is -4.43. The van der Waals surface area contributed by atoms with E-state index in [-0.39, 0.29) is 37.1 Å². The number of hydrogen-bond acceptors (Lipinski definition) is 4. The number of halogens is 3. The number of carbonyl (C=O) groups excluding carboxylic acids is 1. The molecule has 160 valence electrons. The number of nitrogens with one attached hydrogen (secondary N) is 2. The fourth-order valence-electron chi connectivity index (χ4n) is 4.37. The molecule has 0 saturated carbocycles. The van der Waals surface area contributed by atoms with E-state index in [0.29, 0.717) is 17.7 Å². The van der Waals surface area contributed by atoms with Gasteiger partial charge in [0.2, 0.25) is 5.91 Å². The Kier molecular flexibility index (Phi) is 5.71. The summed E-state index contributed by atoms with van der Waals surface area (Å²) in [7, 11) is 0. The molecule has 2 aliphatic rings. The van der Waals surface area contributed by atoms with Crippen molar-refractivity contribution in [2.45, 2.75) is 37.3 Å². The van der Waals surface area contributed by atoms with Crippen molar-refractivity contribution in [3.63, 3.8) is 0 Å². The first-order valence-electron chi connectivity index (χ1n) is 10.0. The minimum absolute atomic E-state index is 0.0233. The minimum Gasteiger partial charge on any atom is -0.378 e. The normalized spacial score (nSPS) is 25.6. The van der Waals surface area contributed by atoms with Crippen molar-refractivity contribution in [2.24, 2.45) is 11.7 Å². The number of amides is 1. The van der Waals surface area contributed by atoms with Crippen LogP contribution in [0.3, 0.4) is 0 Å². The molecule has 5 nitrogen and oxygen atoms in total. The maximum absolute atomic E-state index is 13.3. The third-order valence-electron chi connectivity index (χ3n) is 5.85. The highest BCUT2D eigenvalue weighted by molar-refractivity contribution is 5.77. The average Bonchev–Trinajstić information content (AvgIpc) is 2.76. The van der Waals surface area contributed by atoms with Crippen LogP contribution in [0.25, 0.3) is 0 Å². The first-order valence-corrected chi connectivity index (χ1v) is 10.0. The number of ether oxygens (including phenoxy) is 1. The lowest BCUT2D eigenvalue weighted by atomic mass is 9.76. The van der Waals surface area contributed by atoms with E-state index in [1.165, 1.54) is 12.1 Å². The molecule has 2 aromatic rings. The first-order chi connectivity index (χ1) is 14.4. The quantitative estimate of drug-likeness (QED) is 0.705. The maximum Gasteiger partial charge on any atom is 0.416 e. The number of nitrogens with two attached hydrogens (primary N) is 1. The summed E-state index contributed by atoms with van der Waals surface area (Å²) in [6.45, 7) is 0.174. The topological polar surface area (TPSA) is 76.4 Å². The Morgan fingerprint density at radius 1 is 1.17 bits per heavy atom. The Labute approximate surface area is 172 Å². The molecule has 0 bridgehead atoms. The lowest BCUT2D eigenvalue weighted by Crippen LogP contribution is -2.44. The van der Waals surface area contributed by atoms with Crippen molar-refractivity contribution in [1.82, 2.24) is 5.32 Å². The van der Waals surface area contributed by atoms with Gasteiger partial charge < -0.3 is 21.1 Å². The summed E-state index contributed by atoms with van der Waals surface area (Å²) >= 11 is 0. The molecule has 0 spiro atoms. The predicted molar refractivity (Wildman–Crippen MR) is 107 cm³/mol. The Hall–Kier alpha value is -2.58. The van der Waals surface area contributed by atoms with Gasteiger partial charge in [-0.3, -0.25) is 4.79 Å². The second kappa shape index (κ2) is 8.28. The molecular formula is C22H24F3N3O2. The van der Waals surface area contributed by atoms with Crippen LogP contribution in [0.1, 0.15) is 41.7 Å². The molecule has 0 aromatic heterocycles. The van der Waals surface area contributed by atoms with E-state index in [1.54, 1.807) is 0 Å². The number of fused-ring (bicyclic) bond motifs is 3. The highest BCUT2D eigenvalue weighted by Gasteiger charge is 2.43. The number of alkyl halides is 3. The molecule has 2 aromatic carbocycles. The van der Waals surface area contributed by atoms with E-state index in [0.717, 1.165) is 18.1 Å². The monoisotopic (exact) mass is 419 g/mol.